The van der Waals surface area contributed by atoms with E-state index in [4.69, 9.17) is 25.8 Å². The van der Waals surface area contributed by atoms with Crippen molar-refractivity contribution in [3.8, 4) is 17.6 Å². The van der Waals surface area contributed by atoms with Crippen LogP contribution in [-0.2, 0) is 14.3 Å². The average molecular weight is 421 g/mol. The number of nitriles is 1. The molecule has 0 fully saturated rings. The van der Waals surface area contributed by atoms with Crippen LogP contribution in [0.1, 0.15) is 39.7 Å². The molecule has 8 heteroatoms. The normalized spacial score (nSPS) is 16.4. The molecule has 1 heterocycles. The summed E-state index contributed by atoms with van der Waals surface area (Å²) in [7, 11) is 0. The van der Waals surface area contributed by atoms with Gasteiger partial charge in [0, 0.05) is 12.5 Å². The standard InChI is InChI=1S/C21H25ClN2O5/c1-13(2)21(4,12-23)24-20(26)14(3)29-18(25)7-6-15-10-16(22)19-17(11-15)27-8-5-9-28-19/h6-7,10-11,13-14H,5,8-9H2,1-4H3,(H,24,26). The molecule has 0 radical (unpaired) electrons. The first-order valence-electron chi connectivity index (χ1n) is 9.37. The largest absolute Gasteiger partial charge is 0.489 e. The predicted molar refractivity (Wildman–Crippen MR) is 109 cm³/mol. The lowest BCUT2D eigenvalue weighted by Crippen LogP contribution is -2.52. The van der Waals surface area contributed by atoms with Gasteiger partial charge in [-0.25, -0.2) is 4.79 Å². The van der Waals surface area contributed by atoms with Crippen LogP contribution in [0, 0.1) is 17.2 Å². The van der Waals surface area contributed by atoms with E-state index in [-0.39, 0.29) is 5.92 Å². The topological polar surface area (TPSA) is 97.7 Å². The number of hydrogen-bond donors (Lipinski definition) is 1. The number of nitrogens with one attached hydrogen (secondary N) is 1. The Morgan fingerprint density at radius 3 is 2.66 bits per heavy atom. The molecule has 1 aromatic carbocycles. The number of amides is 1. The second kappa shape index (κ2) is 9.66. The number of rotatable bonds is 6. The lowest BCUT2D eigenvalue weighted by atomic mass is 9.90. The molecule has 0 aliphatic carbocycles. The highest BCUT2D eigenvalue weighted by atomic mass is 35.5. The van der Waals surface area contributed by atoms with Gasteiger partial charge in [-0.05, 0) is 43.5 Å². The summed E-state index contributed by atoms with van der Waals surface area (Å²) in [6.45, 7) is 7.76. The first-order chi connectivity index (χ1) is 13.7. The van der Waals surface area contributed by atoms with Gasteiger partial charge in [0.25, 0.3) is 5.91 Å². The molecule has 1 aromatic rings. The summed E-state index contributed by atoms with van der Waals surface area (Å²) in [5.41, 5.74) is -0.418. The first-order valence-corrected chi connectivity index (χ1v) is 9.75. The van der Waals surface area contributed by atoms with E-state index in [1.807, 2.05) is 13.8 Å². The van der Waals surface area contributed by atoms with Crippen LogP contribution in [0.2, 0.25) is 5.02 Å². The zero-order valence-electron chi connectivity index (χ0n) is 17.0. The van der Waals surface area contributed by atoms with E-state index >= 15 is 0 Å². The maximum atomic E-state index is 12.3. The molecule has 1 amide bonds. The van der Waals surface area contributed by atoms with E-state index in [2.05, 4.69) is 11.4 Å². The van der Waals surface area contributed by atoms with Crippen LogP contribution in [0.25, 0.3) is 6.08 Å². The van der Waals surface area contributed by atoms with E-state index in [1.54, 1.807) is 19.1 Å². The van der Waals surface area contributed by atoms with Crippen LogP contribution in [0.3, 0.4) is 0 Å². The van der Waals surface area contributed by atoms with Gasteiger partial charge in [0.05, 0.1) is 24.3 Å². The van der Waals surface area contributed by atoms with Crippen molar-refractivity contribution in [1.29, 1.82) is 5.26 Å². The Balaban J connectivity index is 2.01. The molecule has 0 saturated heterocycles. The summed E-state index contributed by atoms with van der Waals surface area (Å²) >= 11 is 6.23. The van der Waals surface area contributed by atoms with Crippen LogP contribution in [0.15, 0.2) is 18.2 Å². The van der Waals surface area contributed by atoms with Crippen LogP contribution >= 0.6 is 11.6 Å². The third-order valence-corrected chi connectivity index (χ3v) is 4.95. The van der Waals surface area contributed by atoms with Crippen LogP contribution in [0.5, 0.6) is 11.5 Å². The van der Waals surface area contributed by atoms with Gasteiger partial charge < -0.3 is 19.5 Å². The molecular weight excluding hydrogens is 396 g/mol. The molecule has 29 heavy (non-hydrogen) atoms. The summed E-state index contributed by atoms with van der Waals surface area (Å²) < 4.78 is 16.3. The van der Waals surface area contributed by atoms with Crippen LogP contribution < -0.4 is 14.8 Å². The fraction of sp³-hybridized carbons (Fsp3) is 0.476. The van der Waals surface area contributed by atoms with Crippen molar-refractivity contribution in [2.75, 3.05) is 13.2 Å². The number of carbonyl (C=O) groups is 2. The van der Waals surface area contributed by atoms with Crippen molar-refractivity contribution in [2.45, 2.75) is 45.8 Å². The highest BCUT2D eigenvalue weighted by Crippen LogP contribution is 2.38. The molecule has 1 aliphatic heterocycles. The molecule has 1 aliphatic rings. The van der Waals surface area contributed by atoms with Crippen molar-refractivity contribution >= 4 is 29.6 Å². The predicted octanol–water partition coefficient (Wildman–Crippen LogP) is 3.50. The first kappa shape index (κ1) is 22.6. The number of fused-ring (bicyclic) bond motifs is 1. The van der Waals surface area contributed by atoms with Crippen LogP contribution in [-0.4, -0.2) is 36.7 Å². The van der Waals surface area contributed by atoms with Crippen molar-refractivity contribution < 1.29 is 23.8 Å². The van der Waals surface area contributed by atoms with Gasteiger partial charge in [-0.1, -0.05) is 25.4 Å². The Morgan fingerprint density at radius 2 is 2.00 bits per heavy atom. The number of halogens is 1. The summed E-state index contributed by atoms with van der Waals surface area (Å²) in [6.07, 6.45) is 2.42. The van der Waals surface area contributed by atoms with E-state index < -0.39 is 23.5 Å². The number of esters is 1. The Bertz CT molecular complexity index is 846. The number of ether oxygens (including phenoxy) is 3. The molecule has 0 aromatic heterocycles. The lowest BCUT2D eigenvalue weighted by molar-refractivity contribution is -0.150. The Kier molecular flexibility index (Phi) is 7.52. The maximum absolute atomic E-state index is 12.3. The van der Waals surface area contributed by atoms with Gasteiger partial charge in [-0.2, -0.15) is 5.26 Å². The minimum Gasteiger partial charge on any atom is -0.489 e. The molecule has 2 rings (SSSR count). The molecule has 2 atom stereocenters. The Hall–Kier alpha value is -2.72. The number of nitrogens with zero attached hydrogens (tertiary/aromatic N) is 1. The van der Waals surface area contributed by atoms with E-state index in [0.717, 1.165) is 6.42 Å². The fourth-order valence-electron chi connectivity index (χ4n) is 2.44. The number of carbonyl (C=O) groups excluding carboxylic acids is 2. The summed E-state index contributed by atoms with van der Waals surface area (Å²) in [5, 5.41) is 12.3. The molecule has 156 valence electrons. The molecule has 1 N–H and O–H groups in total. The third-order valence-electron chi connectivity index (χ3n) is 4.67. The Labute approximate surface area is 175 Å². The minimum absolute atomic E-state index is 0.108. The van der Waals surface area contributed by atoms with Crippen molar-refractivity contribution in [2.24, 2.45) is 5.92 Å². The number of hydrogen-bond acceptors (Lipinski definition) is 6. The van der Waals surface area contributed by atoms with Crippen molar-refractivity contribution in [1.82, 2.24) is 5.32 Å². The second-order valence-electron chi connectivity index (χ2n) is 7.25. The summed E-state index contributed by atoms with van der Waals surface area (Å²) in [5.74, 6) is -0.342. The van der Waals surface area contributed by atoms with Gasteiger partial charge in [0.2, 0.25) is 0 Å². The molecule has 0 spiro atoms. The van der Waals surface area contributed by atoms with Gasteiger partial charge in [-0.3, -0.25) is 4.79 Å². The van der Waals surface area contributed by atoms with E-state index in [1.165, 1.54) is 19.1 Å². The summed E-state index contributed by atoms with van der Waals surface area (Å²) in [6, 6.07) is 5.44. The number of benzene rings is 1. The summed E-state index contributed by atoms with van der Waals surface area (Å²) in [4.78, 5) is 24.3. The van der Waals surface area contributed by atoms with Gasteiger partial charge in [0.1, 0.15) is 5.54 Å². The van der Waals surface area contributed by atoms with E-state index in [9.17, 15) is 14.9 Å². The Morgan fingerprint density at radius 1 is 1.31 bits per heavy atom. The molecule has 0 saturated carbocycles. The SMILES string of the molecule is CC(OC(=O)C=Cc1cc(Cl)c2c(c1)OCCCO2)C(=O)NC(C)(C#N)C(C)C. The van der Waals surface area contributed by atoms with Gasteiger partial charge in [-0.15, -0.1) is 0 Å². The molecule has 0 bridgehead atoms. The zero-order valence-corrected chi connectivity index (χ0v) is 17.7. The van der Waals surface area contributed by atoms with E-state index in [0.29, 0.717) is 35.3 Å². The monoisotopic (exact) mass is 420 g/mol. The minimum atomic E-state index is -1.05. The highest BCUT2D eigenvalue weighted by molar-refractivity contribution is 6.32. The fourth-order valence-corrected chi connectivity index (χ4v) is 2.71. The molecule has 2 unspecified atom stereocenters. The molecular formula is C21H25ClN2O5. The smallest absolute Gasteiger partial charge is 0.331 e. The maximum Gasteiger partial charge on any atom is 0.331 e. The second-order valence-corrected chi connectivity index (χ2v) is 7.66. The van der Waals surface area contributed by atoms with Crippen molar-refractivity contribution in [3.05, 3.63) is 28.8 Å². The molecule has 7 nitrogen and oxygen atoms in total. The zero-order chi connectivity index (χ0) is 21.6. The average Bonchev–Trinajstić information content (AvgIpc) is 2.91. The lowest BCUT2D eigenvalue weighted by Gasteiger charge is -2.28. The quantitative estimate of drug-likeness (QED) is 0.558. The van der Waals surface area contributed by atoms with Crippen LogP contribution in [0.4, 0.5) is 0 Å². The highest BCUT2D eigenvalue weighted by Gasteiger charge is 2.32. The van der Waals surface area contributed by atoms with Crippen molar-refractivity contribution in [3.63, 3.8) is 0 Å². The van der Waals surface area contributed by atoms with Gasteiger partial charge in [0.15, 0.2) is 17.6 Å². The third kappa shape index (κ3) is 5.88. The van der Waals surface area contributed by atoms with Gasteiger partial charge >= 0.3 is 5.97 Å².